The zero-order valence-electron chi connectivity index (χ0n) is 15.1. The molecule has 1 fully saturated rings. The summed E-state index contributed by atoms with van der Waals surface area (Å²) in [4.78, 5) is 22.7. The monoisotopic (exact) mass is 378 g/mol. The van der Waals surface area contributed by atoms with Gasteiger partial charge in [0, 0.05) is 37.1 Å². The molecule has 0 saturated carbocycles. The molecule has 0 radical (unpaired) electrons. The molecule has 2 aromatic heterocycles. The largest absolute Gasteiger partial charge is 0.350 e. The Morgan fingerprint density at radius 1 is 1.20 bits per heavy atom. The molecule has 3 heterocycles. The van der Waals surface area contributed by atoms with Crippen molar-refractivity contribution in [1.29, 1.82) is 0 Å². The smallest absolute Gasteiger partial charge is 0.234 e. The molecule has 7 heteroatoms. The van der Waals surface area contributed by atoms with Gasteiger partial charge in [0.05, 0.1) is 23.7 Å². The summed E-state index contributed by atoms with van der Waals surface area (Å²) in [5.74, 6) is 0.112. The first-order valence-electron chi connectivity index (χ1n) is 8.63. The number of hydrogen-bond acceptors (Lipinski definition) is 6. The van der Waals surface area contributed by atoms with Crippen LogP contribution in [0.3, 0.4) is 0 Å². The zero-order chi connectivity index (χ0) is 17.9. The van der Waals surface area contributed by atoms with Crippen molar-refractivity contribution in [1.82, 2.24) is 20.1 Å². The van der Waals surface area contributed by atoms with E-state index in [1.807, 2.05) is 20.8 Å². The Labute approximate surface area is 157 Å². The van der Waals surface area contributed by atoms with Gasteiger partial charge in [-0.2, -0.15) is 0 Å². The molecule has 3 rings (SSSR count). The molecule has 25 heavy (non-hydrogen) atoms. The highest BCUT2D eigenvalue weighted by molar-refractivity contribution is 7.14. The topological polar surface area (TPSA) is 48.5 Å². The molecule has 5 nitrogen and oxygen atoms in total. The summed E-state index contributed by atoms with van der Waals surface area (Å²) in [6.45, 7) is 11.3. The second-order valence-electron chi connectivity index (χ2n) is 7.45. The number of piperazine rings is 1. The average molecular weight is 379 g/mol. The van der Waals surface area contributed by atoms with Gasteiger partial charge in [0.2, 0.25) is 5.91 Å². The fraction of sp³-hybridized carbons (Fsp3) is 0.556. The van der Waals surface area contributed by atoms with Gasteiger partial charge >= 0.3 is 0 Å². The van der Waals surface area contributed by atoms with Crippen molar-refractivity contribution >= 4 is 28.6 Å². The quantitative estimate of drug-likeness (QED) is 0.869. The number of hydrogen-bond donors (Lipinski definition) is 1. The molecule has 0 atom stereocenters. The third kappa shape index (κ3) is 5.60. The Bertz CT molecular complexity index is 682. The predicted molar refractivity (Wildman–Crippen MR) is 105 cm³/mol. The van der Waals surface area contributed by atoms with Crippen LogP contribution >= 0.6 is 22.7 Å². The van der Waals surface area contributed by atoms with E-state index in [9.17, 15) is 4.79 Å². The van der Waals surface area contributed by atoms with Gasteiger partial charge in [0.15, 0.2) is 0 Å². The van der Waals surface area contributed by atoms with E-state index < -0.39 is 0 Å². The Morgan fingerprint density at radius 2 is 1.92 bits per heavy atom. The lowest BCUT2D eigenvalue weighted by molar-refractivity contribution is -0.124. The SMILES string of the molecule is CC(C)(C)NC(=O)CN1CCN(Cc2nc(-c3cccs3)cs2)CC1. The van der Waals surface area contributed by atoms with E-state index in [1.54, 1.807) is 22.7 Å². The molecule has 1 saturated heterocycles. The van der Waals surface area contributed by atoms with Gasteiger partial charge in [0.25, 0.3) is 0 Å². The molecular formula is C18H26N4OS2. The standard InChI is InChI=1S/C18H26N4OS2/c1-18(2,3)20-16(23)11-21-6-8-22(9-7-21)12-17-19-14(13-25-17)15-5-4-10-24-15/h4-5,10,13H,6-9,11-12H2,1-3H3,(H,20,23). The van der Waals surface area contributed by atoms with Crippen LogP contribution in [0.4, 0.5) is 0 Å². The summed E-state index contributed by atoms with van der Waals surface area (Å²) in [5, 5.41) is 8.43. The van der Waals surface area contributed by atoms with E-state index in [-0.39, 0.29) is 11.4 Å². The molecule has 0 spiro atoms. The van der Waals surface area contributed by atoms with Gasteiger partial charge < -0.3 is 5.32 Å². The normalized spacial score (nSPS) is 16.9. The Hall–Kier alpha value is -1.28. The molecule has 0 aromatic carbocycles. The van der Waals surface area contributed by atoms with E-state index >= 15 is 0 Å². The van der Waals surface area contributed by atoms with Gasteiger partial charge in [-0.3, -0.25) is 14.6 Å². The van der Waals surface area contributed by atoms with Crippen molar-refractivity contribution in [3.05, 3.63) is 27.9 Å². The molecule has 1 N–H and O–H groups in total. The van der Waals surface area contributed by atoms with Crippen molar-refractivity contribution in [2.45, 2.75) is 32.9 Å². The molecule has 136 valence electrons. The number of amides is 1. The van der Waals surface area contributed by atoms with Crippen molar-refractivity contribution in [3.63, 3.8) is 0 Å². The second-order valence-corrected chi connectivity index (χ2v) is 9.34. The van der Waals surface area contributed by atoms with Crippen LogP contribution in [0.1, 0.15) is 25.8 Å². The highest BCUT2D eigenvalue weighted by Crippen LogP contribution is 2.26. The van der Waals surface area contributed by atoms with E-state index in [1.165, 1.54) is 9.88 Å². The first-order chi connectivity index (χ1) is 11.9. The minimum Gasteiger partial charge on any atom is -0.350 e. The minimum absolute atomic E-state index is 0.112. The van der Waals surface area contributed by atoms with Gasteiger partial charge in [-0.1, -0.05) is 6.07 Å². The van der Waals surface area contributed by atoms with Crippen molar-refractivity contribution in [2.75, 3.05) is 32.7 Å². The summed E-state index contributed by atoms with van der Waals surface area (Å²) < 4.78 is 0. The highest BCUT2D eigenvalue weighted by atomic mass is 32.1. The van der Waals surface area contributed by atoms with Gasteiger partial charge in [-0.25, -0.2) is 4.98 Å². The molecular weight excluding hydrogens is 352 g/mol. The number of carbonyl (C=O) groups excluding carboxylic acids is 1. The highest BCUT2D eigenvalue weighted by Gasteiger charge is 2.21. The van der Waals surface area contributed by atoms with Crippen LogP contribution in [0, 0.1) is 0 Å². The van der Waals surface area contributed by atoms with Crippen LogP contribution in [0.15, 0.2) is 22.9 Å². The van der Waals surface area contributed by atoms with E-state index in [2.05, 4.69) is 38.0 Å². The summed E-state index contributed by atoms with van der Waals surface area (Å²) in [6.07, 6.45) is 0. The second kappa shape index (κ2) is 7.95. The molecule has 0 unspecified atom stereocenters. The number of aromatic nitrogens is 1. The number of carbonyl (C=O) groups is 1. The Kier molecular flexibility index (Phi) is 5.89. The lowest BCUT2D eigenvalue weighted by Crippen LogP contribution is -2.51. The maximum absolute atomic E-state index is 12.0. The van der Waals surface area contributed by atoms with Crippen molar-refractivity contribution in [3.8, 4) is 10.6 Å². The lowest BCUT2D eigenvalue weighted by atomic mass is 10.1. The van der Waals surface area contributed by atoms with Crippen LogP contribution in [-0.2, 0) is 11.3 Å². The van der Waals surface area contributed by atoms with Crippen LogP contribution in [0.25, 0.3) is 10.6 Å². The summed E-state index contributed by atoms with van der Waals surface area (Å²) >= 11 is 3.47. The lowest BCUT2D eigenvalue weighted by Gasteiger charge is -2.34. The maximum atomic E-state index is 12.0. The summed E-state index contributed by atoms with van der Waals surface area (Å²) in [7, 11) is 0. The number of nitrogens with zero attached hydrogens (tertiary/aromatic N) is 3. The number of rotatable bonds is 5. The minimum atomic E-state index is -0.163. The van der Waals surface area contributed by atoms with Crippen LogP contribution in [-0.4, -0.2) is 59.0 Å². The summed E-state index contributed by atoms with van der Waals surface area (Å²) in [5.41, 5.74) is 0.928. The Balaban J connectivity index is 1.44. The molecule has 0 aliphatic carbocycles. The van der Waals surface area contributed by atoms with Crippen molar-refractivity contribution < 1.29 is 4.79 Å². The van der Waals surface area contributed by atoms with E-state index in [0.717, 1.165) is 38.4 Å². The van der Waals surface area contributed by atoms with E-state index in [0.29, 0.717) is 6.54 Å². The molecule has 1 aliphatic heterocycles. The zero-order valence-corrected chi connectivity index (χ0v) is 16.8. The molecule has 1 aliphatic rings. The maximum Gasteiger partial charge on any atom is 0.234 e. The number of thiophene rings is 1. The van der Waals surface area contributed by atoms with Crippen LogP contribution in [0.5, 0.6) is 0 Å². The van der Waals surface area contributed by atoms with Gasteiger partial charge in [0.1, 0.15) is 5.01 Å². The van der Waals surface area contributed by atoms with Crippen LogP contribution < -0.4 is 5.32 Å². The average Bonchev–Trinajstić information content (AvgIpc) is 3.18. The van der Waals surface area contributed by atoms with Gasteiger partial charge in [-0.05, 0) is 32.2 Å². The summed E-state index contributed by atoms with van der Waals surface area (Å²) in [6, 6.07) is 4.18. The fourth-order valence-corrected chi connectivity index (χ4v) is 4.47. The fourth-order valence-electron chi connectivity index (χ4n) is 2.88. The third-order valence-corrected chi connectivity index (χ3v) is 5.76. The molecule has 0 bridgehead atoms. The first-order valence-corrected chi connectivity index (χ1v) is 10.4. The third-order valence-electron chi connectivity index (χ3n) is 4.03. The van der Waals surface area contributed by atoms with Crippen LogP contribution in [0.2, 0.25) is 0 Å². The number of nitrogens with one attached hydrogen (secondary N) is 1. The van der Waals surface area contributed by atoms with Gasteiger partial charge in [-0.15, -0.1) is 22.7 Å². The molecule has 1 amide bonds. The molecule has 2 aromatic rings. The van der Waals surface area contributed by atoms with Crippen molar-refractivity contribution in [2.24, 2.45) is 0 Å². The van der Waals surface area contributed by atoms with E-state index in [4.69, 9.17) is 4.98 Å². The number of thiazole rings is 1. The Morgan fingerprint density at radius 3 is 2.56 bits per heavy atom. The first kappa shape index (κ1) is 18.5. The predicted octanol–water partition coefficient (Wildman–Crippen LogP) is 2.90.